The zero-order valence-corrected chi connectivity index (χ0v) is 10.1. The van der Waals surface area contributed by atoms with Crippen molar-refractivity contribution in [3.63, 3.8) is 0 Å². The number of halogens is 1. The lowest BCUT2D eigenvalue weighted by atomic mass is 10.2. The molecule has 0 bridgehead atoms. The maximum atomic E-state index is 10.8. The smallest absolute Gasteiger partial charge is 0.274 e. The van der Waals surface area contributed by atoms with Gasteiger partial charge in [-0.15, -0.1) is 0 Å². The van der Waals surface area contributed by atoms with Gasteiger partial charge in [-0.3, -0.25) is 10.1 Å². The van der Waals surface area contributed by atoms with Crippen molar-refractivity contribution in [3.8, 4) is 0 Å². The lowest BCUT2D eigenvalue weighted by Crippen LogP contribution is -2.04. The molecule has 0 aliphatic rings. The van der Waals surface area contributed by atoms with Gasteiger partial charge in [0.05, 0.1) is 4.92 Å². The van der Waals surface area contributed by atoms with Crippen molar-refractivity contribution in [3.05, 3.63) is 63.3 Å². The lowest BCUT2D eigenvalue weighted by Gasteiger charge is -2.06. The summed E-state index contributed by atoms with van der Waals surface area (Å²) in [6.45, 7) is 0.324. The molecule has 0 unspecified atom stereocenters. The van der Waals surface area contributed by atoms with E-state index in [4.69, 9.17) is 11.6 Å². The quantitative estimate of drug-likeness (QED) is 0.522. The van der Waals surface area contributed by atoms with E-state index in [0.717, 1.165) is 0 Å². The van der Waals surface area contributed by atoms with E-state index in [2.05, 4.69) is 10.3 Å². The van der Waals surface area contributed by atoms with Gasteiger partial charge in [-0.1, -0.05) is 35.9 Å². The third-order valence-electron chi connectivity index (χ3n) is 2.36. The molecule has 1 aromatic carbocycles. The zero-order chi connectivity index (χ0) is 13.0. The molecule has 0 radical (unpaired) electrons. The highest BCUT2D eigenvalue weighted by atomic mass is 35.5. The number of nitrogens with zero attached hydrogens (tertiary/aromatic N) is 2. The monoisotopic (exact) mass is 263 g/mol. The van der Waals surface area contributed by atoms with Crippen LogP contribution in [0.3, 0.4) is 0 Å². The topological polar surface area (TPSA) is 68.1 Å². The summed E-state index contributed by atoms with van der Waals surface area (Å²) in [5, 5.41) is 14.2. The van der Waals surface area contributed by atoms with Crippen molar-refractivity contribution in [2.24, 2.45) is 0 Å². The number of nitrogens with one attached hydrogen (secondary N) is 1. The van der Waals surface area contributed by atoms with Crippen molar-refractivity contribution < 1.29 is 4.92 Å². The van der Waals surface area contributed by atoms with Gasteiger partial charge >= 0.3 is 0 Å². The van der Waals surface area contributed by atoms with Gasteiger partial charge in [0.2, 0.25) is 0 Å². The number of aromatic nitrogens is 1. The summed E-state index contributed by atoms with van der Waals surface area (Å²) in [7, 11) is 0. The Labute approximate surface area is 109 Å². The van der Waals surface area contributed by atoms with E-state index < -0.39 is 4.92 Å². The molecule has 18 heavy (non-hydrogen) atoms. The van der Waals surface area contributed by atoms with Crippen molar-refractivity contribution >= 4 is 23.1 Å². The van der Waals surface area contributed by atoms with Crippen LogP contribution in [0.5, 0.6) is 0 Å². The first-order valence-electron chi connectivity index (χ1n) is 5.25. The Morgan fingerprint density at radius 1 is 1.22 bits per heavy atom. The van der Waals surface area contributed by atoms with E-state index in [1.54, 1.807) is 36.4 Å². The van der Waals surface area contributed by atoms with E-state index in [9.17, 15) is 10.1 Å². The third-order valence-corrected chi connectivity index (χ3v) is 2.57. The first kappa shape index (κ1) is 12.3. The molecule has 0 fully saturated rings. The molecule has 0 spiro atoms. The Hall–Kier alpha value is -2.14. The standard InChI is InChI=1S/C12H10ClN3O2/c13-11-6-3-7-12(15-11)14-8-9-4-1-2-5-10(9)16(17)18/h1-7H,8H2,(H,14,15). The summed E-state index contributed by atoms with van der Waals surface area (Å²) in [6.07, 6.45) is 0. The second-order valence-electron chi connectivity index (χ2n) is 3.58. The normalized spacial score (nSPS) is 10.1. The number of hydrogen-bond acceptors (Lipinski definition) is 4. The average Bonchev–Trinajstić information content (AvgIpc) is 2.37. The summed E-state index contributed by atoms with van der Waals surface area (Å²) < 4.78 is 0. The number of nitro groups is 1. The van der Waals surface area contributed by atoms with E-state index >= 15 is 0 Å². The Morgan fingerprint density at radius 3 is 2.72 bits per heavy atom. The molecular weight excluding hydrogens is 254 g/mol. The van der Waals surface area contributed by atoms with Crippen LogP contribution in [0, 0.1) is 10.1 Å². The average molecular weight is 264 g/mol. The fourth-order valence-electron chi connectivity index (χ4n) is 1.53. The summed E-state index contributed by atoms with van der Waals surface area (Å²) >= 11 is 5.75. The molecule has 1 N–H and O–H groups in total. The van der Waals surface area contributed by atoms with E-state index in [0.29, 0.717) is 23.1 Å². The van der Waals surface area contributed by atoms with E-state index in [-0.39, 0.29) is 5.69 Å². The van der Waals surface area contributed by atoms with Crippen LogP contribution in [0.4, 0.5) is 11.5 Å². The summed E-state index contributed by atoms with van der Waals surface area (Å²) in [5.41, 5.74) is 0.691. The van der Waals surface area contributed by atoms with E-state index in [1.807, 2.05) is 0 Å². The number of hydrogen-bond donors (Lipinski definition) is 1. The van der Waals surface area contributed by atoms with Gasteiger partial charge in [0.1, 0.15) is 11.0 Å². The molecule has 1 heterocycles. The van der Waals surface area contributed by atoms with Gasteiger partial charge < -0.3 is 5.32 Å². The van der Waals surface area contributed by atoms with Gasteiger partial charge in [0.15, 0.2) is 0 Å². The van der Waals surface area contributed by atoms with Gasteiger partial charge in [0.25, 0.3) is 5.69 Å². The molecule has 0 aliphatic carbocycles. The van der Waals surface area contributed by atoms with Crippen LogP contribution in [0.1, 0.15) is 5.56 Å². The molecule has 2 aromatic rings. The van der Waals surface area contributed by atoms with Crippen LogP contribution in [0.15, 0.2) is 42.5 Å². The van der Waals surface area contributed by atoms with Crippen LogP contribution >= 0.6 is 11.6 Å². The molecule has 6 heteroatoms. The molecule has 0 saturated carbocycles. The Kier molecular flexibility index (Phi) is 3.74. The fourth-order valence-corrected chi connectivity index (χ4v) is 1.69. The number of para-hydroxylation sites is 1. The molecule has 5 nitrogen and oxygen atoms in total. The predicted molar refractivity (Wildman–Crippen MR) is 69.7 cm³/mol. The second kappa shape index (κ2) is 5.46. The molecular formula is C12H10ClN3O2. The van der Waals surface area contributed by atoms with Gasteiger partial charge in [-0.05, 0) is 12.1 Å². The number of anilines is 1. The van der Waals surface area contributed by atoms with Crippen LogP contribution < -0.4 is 5.32 Å². The number of rotatable bonds is 4. The number of nitro benzene ring substituents is 1. The maximum absolute atomic E-state index is 10.8. The fraction of sp³-hybridized carbons (Fsp3) is 0.0833. The predicted octanol–water partition coefficient (Wildman–Crippen LogP) is 3.26. The largest absolute Gasteiger partial charge is 0.366 e. The molecule has 92 valence electrons. The first-order valence-corrected chi connectivity index (χ1v) is 5.63. The van der Waals surface area contributed by atoms with Crippen molar-refractivity contribution in [2.45, 2.75) is 6.54 Å². The van der Waals surface area contributed by atoms with Crippen LogP contribution in [0.2, 0.25) is 5.15 Å². The number of pyridine rings is 1. The van der Waals surface area contributed by atoms with Crippen molar-refractivity contribution in [1.82, 2.24) is 4.98 Å². The maximum Gasteiger partial charge on any atom is 0.274 e. The number of benzene rings is 1. The molecule has 1 aromatic heterocycles. The highest BCUT2D eigenvalue weighted by molar-refractivity contribution is 6.29. The Balaban J connectivity index is 2.13. The van der Waals surface area contributed by atoms with E-state index in [1.165, 1.54) is 6.07 Å². The summed E-state index contributed by atoms with van der Waals surface area (Å²) in [5.74, 6) is 0.584. The molecule has 0 atom stereocenters. The van der Waals surface area contributed by atoms with Gasteiger partial charge in [-0.25, -0.2) is 4.98 Å². The zero-order valence-electron chi connectivity index (χ0n) is 9.34. The Bertz CT molecular complexity index is 575. The lowest BCUT2D eigenvalue weighted by molar-refractivity contribution is -0.385. The first-order chi connectivity index (χ1) is 8.66. The summed E-state index contributed by atoms with van der Waals surface area (Å²) in [6, 6.07) is 11.8. The third kappa shape index (κ3) is 2.95. The van der Waals surface area contributed by atoms with Gasteiger partial charge in [-0.2, -0.15) is 0 Å². The molecule has 2 rings (SSSR count). The minimum Gasteiger partial charge on any atom is -0.366 e. The SMILES string of the molecule is O=[N+]([O-])c1ccccc1CNc1cccc(Cl)n1. The Morgan fingerprint density at radius 2 is 2.00 bits per heavy atom. The highest BCUT2D eigenvalue weighted by Gasteiger charge is 2.11. The van der Waals surface area contributed by atoms with Crippen molar-refractivity contribution in [1.29, 1.82) is 0 Å². The van der Waals surface area contributed by atoms with Crippen LogP contribution in [0.25, 0.3) is 0 Å². The minimum atomic E-state index is -0.400. The second-order valence-corrected chi connectivity index (χ2v) is 3.97. The van der Waals surface area contributed by atoms with Crippen LogP contribution in [-0.2, 0) is 6.54 Å². The highest BCUT2D eigenvalue weighted by Crippen LogP contribution is 2.19. The molecule has 0 aliphatic heterocycles. The molecule has 0 amide bonds. The van der Waals surface area contributed by atoms with Gasteiger partial charge in [0, 0.05) is 18.2 Å². The molecule has 0 saturated heterocycles. The van der Waals surface area contributed by atoms with Crippen molar-refractivity contribution in [2.75, 3.05) is 5.32 Å². The minimum absolute atomic E-state index is 0.0898. The summed E-state index contributed by atoms with van der Waals surface area (Å²) in [4.78, 5) is 14.5. The van der Waals surface area contributed by atoms with Crippen LogP contribution in [-0.4, -0.2) is 9.91 Å².